The number of rotatable bonds is 4. The van der Waals surface area contributed by atoms with Crippen molar-refractivity contribution in [3.8, 4) is 23.3 Å². The van der Waals surface area contributed by atoms with E-state index in [0.29, 0.717) is 58.5 Å². The number of carbonyl (C=O) groups excluding carboxylic acids is 1. The van der Waals surface area contributed by atoms with Gasteiger partial charge >= 0.3 is 0 Å². The van der Waals surface area contributed by atoms with Crippen molar-refractivity contribution in [2.75, 3.05) is 26.2 Å². The summed E-state index contributed by atoms with van der Waals surface area (Å²) in [6, 6.07) is 13.6. The third-order valence-corrected chi connectivity index (χ3v) is 6.52. The largest absolute Gasteiger partial charge is 0.493 e. The van der Waals surface area contributed by atoms with E-state index in [2.05, 4.69) is 11.1 Å². The van der Waals surface area contributed by atoms with Gasteiger partial charge in [-0.25, -0.2) is 4.99 Å². The maximum atomic E-state index is 13.4. The molecular formula is C26H24N4O4. The topological polar surface area (TPSA) is 110 Å². The van der Waals surface area contributed by atoms with Crippen LogP contribution in [-0.2, 0) is 4.79 Å². The molecule has 2 heterocycles. The van der Waals surface area contributed by atoms with Gasteiger partial charge in [0.1, 0.15) is 5.84 Å². The molecule has 0 saturated carbocycles. The number of hydrogen-bond acceptors (Lipinski definition) is 8. The number of anilines is 1. The molecule has 5 rings (SSSR count). The first kappa shape index (κ1) is 21.6. The van der Waals surface area contributed by atoms with Crippen LogP contribution in [0.2, 0.25) is 0 Å². The standard InChI is InChI=1S/C26H24N4O4/c1-32-20-11-14(12-21(33-2)24(20)34-3)22-16(13-27)26-29-25(28)15-7-4-5-8-17(15)30(26)18-9-6-10-19(31)23(18)22/h4-5,7-8,11-12,22H,6,9-10H2,1-3H3,(H2,28,29)/t22-/m1/s1. The molecule has 1 aliphatic carbocycles. The summed E-state index contributed by atoms with van der Waals surface area (Å²) in [7, 11) is 4.60. The van der Waals surface area contributed by atoms with Crippen LogP contribution in [0, 0.1) is 11.3 Å². The predicted molar refractivity (Wildman–Crippen MR) is 127 cm³/mol. The average Bonchev–Trinajstić information content (AvgIpc) is 2.87. The third-order valence-electron chi connectivity index (χ3n) is 6.52. The monoisotopic (exact) mass is 456 g/mol. The van der Waals surface area contributed by atoms with Crippen LogP contribution in [0.4, 0.5) is 5.69 Å². The fourth-order valence-electron chi connectivity index (χ4n) is 5.07. The maximum Gasteiger partial charge on any atom is 0.203 e. The van der Waals surface area contributed by atoms with Gasteiger partial charge in [-0.15, -0.1) is 0 Å². The van der Waals surface area contributed by atoms with Gasteiger partial charge in [-0.2, -0.15) is 5.26 Å². The lowest BCUT2D eigenvalue weighted by molar-refractivity contribution is -0.116. The molecule has 1 atom stereocenters. The predicted octanol–water partition coefficient (Wildman–Crippen LogP) is 3.78. The third kappa shape index (κ3) is 3.05. The van der Waals surface area contributed by atoms with Crippen molar-refractivity contribution in [3.63, 3.8) is 0 Å². The quantitative estimate of drug-likeness (QED) is 0.745. The van der Waals surface area contributed by atoms with E-state index in [1.165, 1.54) is 21.3 Å². The number of aliphatic imine (C=N–C) groups is 1. The second-order valence-corrected chi connectivity index (χ2v) is 8.23. The summed E-state index contributed by atoms with van der Waals surface area (Å²) in [4.78, 5) is 20.0. The van der Waals surface area contributed by atoms with Gasteiger partial charge in [-0.3, -0.25) is 9.69 Å². The Labute approximate surface area is 197 Å². The lowest BCUT2D eigenvalue weighted by Gasteiger charge is -2.41. The number of ether oxygens (including phenoxy) is 3. The summed E-state index contributed by atoms with van der Waals surface area (Å²) in [6.45, 7) is 0. The van der Waals surface area contributed by atoms with Gasteiger partial charge in [-0.1, -0.05) is 12.1 Å². The molecular weight excluding hydrogens is 432 g/mol. The smallest absolute Gasteiger partial charge is 0.203 e. The summed E-state index contributed by atoms with van der Waals surface area (Å²) in [5.74, 6) is 1.51. The molecule has 2 aromatic rings. The first-order valence-corrected chi connectivity index (χ1v) is 11.0. The molecule has 3 aliphatic rings. The molecule has 0 amide bonds. The molecule has 0 radical (unpaired) electrons. The van der Waals surface area contributed by atoms with Crippen molar-refractivity contribution in [3.05, 3.63) is 70.2 Å². The number of para-hydroxylation sites is 1. The summed E-state index contributed by atoms with van der Waals surface area (Å²) < 4.78 is 16.6. The minimum atomic E-state index is -0.630. The van der Waals surface area contributed by atoms with Gasteiger partial charge in [0.2, 0.25) is 5.75 Å². The Kier molecular flexibility index (Phi) is 5.25. The van der Waals surface area contributed by atoms with E-state index in [1.807, 2.05) is 29.2 Å². The zero-order chi connectivity index (χ0) is 24.0. The van der Waals surface area contributed by atoms with E-state index in [9.17, 15) is 10.1 Å². The minimum absolute atomic E-state index is 0.0202. The van der Waals surface area contributed by atoms with Crippen molar-refractivity contribution in [1.82, 2.24) is 0 Å². The highest BCUT2D eigenvalue weighted by Crippen LogP contribution is 2.51. The van der Waals surface area contributed by atoms with Gasteiger partial charge in [-0.05, 0) is 42.7 Å². The molecule has 2 aromatic carbocycles. The fourth-order valence-corrected chi connectivity index (χ4v) is 5.07. The molecule has 34 heavy (non-hydrogen) atoms. The van der Waals surface area contributed by atoms with Gasteiger partial charge in [0.05, 0.1) is 44.6 Å². The molecule has 2 N–H and O–H groups in total. The van der Waals surface area contributed by atoms with Gasteiger partial charge in [0.15, 0.2) is 23.1 Å². The maximum absolute atomic E-state index is 13.4. The van der Waals surface area contributed by atoms with E-state index in [4.69, 9.17) is 19.9 Å². The van der Waals surface area contributed by atoms with Crippen molar-refractivity contribution in [2.45, 2.75) is 25.2 Å². The number of Topliss-reactive ketones (excluding diaryl/α,β-unsaturated/α-hetero) is 1. The number of allylic oxidation sites excluding steroid dienone is 3. The number of nitrogens with zero attached hydrogens (tertiary/aromatic N) is 3. The van der Waals surface area contributed by atoms with Crippen LogP contribution in [0.1, 0.15) is 36.3 Å². The van der Waals surface area contributed by atoms with Crippen LogP contribution in [0.3, 0.4) is 0 Å². The molecule has 172 valence electrons. The zero-order valence-corrected chi connectivity index (χ0v) is 19.2. The van der Waals surface area contributed by atoms with Crippen LogP contribution >= 0.6 is 0 Å². The van der Waals surface area contributed by atoms with Crippen LogP contribution in [0.15, 0.2) is 64.1 Å². The normalized spacial score (nSPS) is 19.0. The first-order chi connectivity index (χ1) is 16.5. The highest BCUT2D eigenvalue weighted by Gasteiger charge is 2.43. The van der Waals surface area contributed by atoms with E-state index in [-0.39, 0.29) is 5.78 Å². The van der Waals surface area contributed by atoms with Crippen LogP contribution in [0.25, 0.3) is 0 Å². The SMILES string of the molecule is COc1cc([C@@H]2C(C#N)=C3N=C(N)c4ccccc4N3C3=C2C(=O)CCC3)cc(OC)c1OC. The van der Waals surface area contributed by atoms with Crippen LogP contribution < -0.4 is 24.8 Å². The number of nitrogens with two attached hydrogens (primary N) is 1. The first-order valence-electron chi connectivity index (χ1n) is 11.0. The molecule has 2 aliphatic heterocycles. The Bertz CT molecular complexity index is 1320. The highest BCUT2D eigenvalue weighted by atomic mass is 16.5. The Hall–Kier alpha value is -4.25. The molecule has 8 heteroatoms. The van der Waals surface area contributed by atoms with Crippen molar-refractivity contribution in [1.29, 1.82) is 5.26 Å². The highest BCUT2D eigenvalue weighted by molar-refractivity contribution is 6.08. The summed E-state index contributed by atoms with van der Waals surface area (Å²) in [6.07, 6.45) is 1.84. The van der Waals surface area contributed by atoms with E-state index in [0.717, 1.165) is 23.4 Å². The van der Waals surface area contributed by atoms with Gasteiger partial charge in [0, 0.05) is 23.3 Å². The van der Waals surface area contributed by atoms with Gasteiger partial charge < -0.3 is 19.9 Å². The van der Waals surface area contributed by atoms with Crippen molar-refractivity contribution < 1.29 is 19.0 Å². The summed E-state index contributed by atoms with van der Waals surface area (Å²) in [5.41, 5.74) is 10.4. The molecule has 0 unspecified atom stereocenters. The van der Waals surface area contributed by atoms with E-state index >= 15 is 0 Å². The number of methoxy groups -OCH3 is 3. The Morgan fingerprint density at radius 1 is 1.09 bits per heavy atom. The average molecular weight is 457 g/mol. The Balaban J connectivity index is 1.83. The molecule has 8 nitrogen and oxygen atoms in total. The number of nitriles is 1. The molecule has 0 aromatic heterocycles. The Morgan fingerprint density at radius 3 is 2.44 bits per heavy atom. The lowest BCUT2D eigenvalue weighted by atomic mass is 9.75. The van der Waals surface area contributed by atoms with Crippen molar-refractivity contribution >= 4 is 17.3 Å². The van der Waals surface area contributed by atoms with E-state index in [1.54, 1.807) is 12.1 Å². The fraction of sp³-hybridized carbons (Fsp3) is 0.269. The molecule has 0 spiro atoms. The molecule has 0 fully saturated rings. The van der Waals surface area contributed by atoms with Gasteiger partial charge in [0.25, 0.3) is 0 Å². The summed E-state index contributed by atoms with van der Waals surface area (Å²) >= 11 is 0. The van der Waals surface area contributed by atoms with Crippen LogP contribution in [-0.4, -0.2) is 32.9 Å². The van der Waals surface area contributed by atoms with E-state index < -0.39 is 5.92 Å². The lowest BCUT2D eigenvalue weighted by Crippen LogP contribution is -2.39. The number of fused-ring (bicyclic) bond motifs is 4. The number of amidine groups is 1. The summed E-state index contributed by atoms with van der Waals surface area (Å²) in [5, 5.41) is 10.4. The number of benzene rings is 2. The Morgan fingerprint density at radius 2 is 1.79 bits per heavy atom. The molecule has 0 bridgehead atoms. The second-order valence-electron chi connectivity index (χ2n) is 8.23. The zero-order valence-electron chi connectivity index (χ0n) is 19.2. The van der Waals surface area contributed by atoms with Crippen molar-refractivity contribution in [2.24, 2.45) is 10.7 Å². The van der Waals surface area contributed by atoms with Crippen LogP contribution in [0.5, 0.6) is 17.2 Å². The number of ketones is 1. The molecule has 0 saturated heterocycles. The minimum Gasteiger partial charge on any atom is -0.493 e. The number of hydrogen-bond donors (Lipinski definition) is 1. The number of carbonyl (C=O) groups is 1. The second kappa shape index (κ2) is 8.27.